The minimum Gasteiger partial charge on any atom is -0.493 e. The van der Waals surface area contributed by atoms with Gasteiger partial charge in [-0.25, -0.2) is 0 Å². The zero-order valence-corrected chi connectivity index (χ0v) is 15.3. The summed E-state index contributed by atoms with van der Waals surface area (Å²) in [5, 5.41) is 3.03. The van der Waals surface area contributed by atoms with Crippen LogP contribution in [0, 0.1) is 5.92 Å². The Morgan fingerprint density at radius 1 is 1.17 bits per heavy atom. The number of hydrogen-bond acceptors (Lipinski definition) is 3. The highest BCUT2D eigenvalue weighted by molar-refractivity contribution is 5.97. The summed E-state index contributed by atoms with van der Waals surface area (Å²) in [5.41, 5.74) is 0.142. The molecule has 4 heteroatoms. The summed E-state index contributed by atoms with van der Waals surface area (Å²) in [6, 6.07) is 7.59. The van der Waals surface area contributed by atoms with E-state index in [0.717, 1.165) is 43.5 Å². The van der Waals surface area contributed by atoms with Crippen molar-refractivity contribution in [1.29, 1.82) is 0 Å². The Bertz CT molecular complexity index is 504. The van der Waals surface area contributed by atoms with E-state index < -0.39 is 5.60 Å². The van der Waals surface area contributed by atoms with E-state index in [9.17, 15) is 4.79 Å². The third kappa shape index (κ3) is 5.23. The van der Waals surface area contributed by atoms with E-state index in [0.29, 0.717) is 19.1 Å². The van der Waals surface area contributed by atoms with Crippen molar-refractivity contribution in [2.75, 3.05) is 18.5 Å². The van der Waals surface area contributed by atoms with Gasteiger partial charge in [-0.05, 0) is 49.4 Å². The summed E-state index contributed by atoms with van der Waals surface area (Å²) >= 11 is 0. The SMILES string of the molecule is CCCOC1(C(=O)Nc2ccc(OCC(C)C)cc2)CCCCC1. The third-order valence-corrected chi connectivity index (χ3v) is 4.35. The van der Waals surface area contributed by atoms with Crippen LogP contribution in [0.25, 0.3) is 0 Å². The molecule has 0 heterocycles. The molecule has 1 aromatic rings. The molecule has 1 saturated carbocycles. The Balaban J connectivity index is 1.98. The number of anilines is 1. The average molecular weight is 333 g/mol. The van der Waals surface area contributed by atoms with Crippen LogP contribution in [-0.2, 0) is 9.53 Å². The quantitative estimate of drug-likeness (QED) is 0.744. The largest absolute Gasteiger partial charge is 0.493 e. The first-order valence-electron chi connectivity index (χ1n) is 9.24. The lowest BCUT2D eigenvalue weighted by atomic mass is 9.83. The number of amides is 1. The predicted molar refractivity (Wildman–Crippen MR) is 97.5 cm³/mol. The van der Waals surface area contributed by atoms with Gasteiger partial charge in [0.15, 0.2) is 0 Å². The first-order valence-corrected chi connectivity index (χ1v) is 9.24. The molecule has 1 amide bonds. The van der Waals surface area contributed by atoms with Crippen molar-refractivity contribution in [3.05, 3.63) is 24.3 Å². The Hall–Kier alpha value is -1.55. The topological polar surface area (TPSA) is 47.6 Å². The molecule has 0 saturated heterocycles. The lowest BCUT2D eigenvalue weighted by Gasteiger charge is -2.35. The Morgan fingerprint density at radius 3 is 2.42 bits per heavy atom. The summed E-state index contributed by atoms with van der Waals surface area (Å²) in [7, 11) is 0. The number of carbonyl (C=O) groups is 1. The van der Waals surface area contributed by atoms with Crippen LogP contribution in [0.2, 0.25) is 0 Å². The van der Waals surface area contributed by atoms with Crippen LogP contribution in [0.5, 0.6) is 5.75 Å². The van der Waals surface area contributed by atoms with Crippen molar-refractivity contribution >= 4 is 11.6 Å². The molecule has 1 N–H and O–H groups in total. The number of rotatable bonds is 8. The maximum Gasteiger partial charge on any atom is 0.256 e. The molecule has 0 radical (unpaired) electrons. The molecule has 0 aromatic heterocycles. The van der Waals surface area contributed by atoms with Crippen LogP contribution in [0.3, 0.4) is 0 Å². The molecule has 1 aromatic carbocycles. The van der Waals surface area contributed by atoms with Gasteiger partial charge in [-0.2, -0.15) is 0 Å². The molecule has 1 fully saturated rings. The van der Waals surface area contributed by atoms with Crippen molar-refractivity contribution in [3.63, 3.8) is 0 Å². The van der Waals surface area contributed by atoms with Crippen LogP contribution in [0.1, 0.15) is 59.3 Å². The van der Waals surface area contributed by atoms with Crippen molar-refractivity contribution in [3.8, 4) is 5.75 Å². The first kappa shape index (κ1) is 18.8. The van der Waals surface area contributed by atoms with Gasteiger partial charge in [0.2, 0.25) is 0 Å². The van der Waals surface area contributed by atoms with Gasteiger partial charge >= 0.3 is 0 Å². The molecular weight excluding hydrogens is 302 g/mol. The smallest absolute Gasteiger partial charge is 0.256 e. The van der Waals surface area contributed by atoms with Crippen LogP contribution < -0.4 is 10.1 Å². The monoisotopic (exact) mass is 333 g/mol. The minimum atomic E-state index is -0.652. The van der Waals surface area contributed by atoms with Crippen LogP contribution in [0.15, 0.2) is 24.3 Å². The number of benzene rings is 1. The van der Waals surface area contributed by atoms with E-state index in [1.54, 1.807) is 0 Å². The van der Waals surface area contributed by atoms with Crippen LogP contribution in [-0.4, -0.2) is 24.7 Å². The highest BCUT2D eigenvalue weighted by Crippen LogP contribution is 2.33. The van der Waals surface area contributed by atoms with Gasteiger partial charge in [0.05, 0.1) is 6.61 Å². The molecule has 0 spiro atoms. The summed E-state index contributed by atoms with van der Waals surface area (Å²) in [6.45, 7) is 7.64. The van der Waals surface area contributed by atoms with Crippen molar-refractivity contribution in [2.45, 2.75) is 64.9 Å². The molecule has 4 nitrogen and oxygen atoms in total. The van der Waals surface area contributed by atoms with Gasteiger partial charge in [-0.1, -0.05) is 40.0 Å². The molecule has 2 rings (SSSR count). The Morgan fingerprint density at radius 2 is 1.83 bits per heavy atom. The molecule has 0 aliphatic heterocycles. The second-order valence-corrected chi connectivity index (χ2v) is 7.09. The average Bonchev–Trinajstić information content (AvgIpc) is 2.60. The van der Waals surface area contributed by atoms with Gasteiger partial charge in [0, 0.05) is 12.3 Å². The van der Waals surface area contributed by atoms with E-state index >= 15 is 0 Å². The Kier molecular flexibility index (Phi) is 7.10. The highest BCUT2D eigenvalue weighted by atomic mass is 16.5. The lowest BCUT2D eigenvalue weighted by Crippen LogP contribution is -2.47. The summed E-state index contributed by atoms with van der Waals surface area (Å²) < 4.78 is 11.7. The summed E-state index contributed by atoms with van der Waals surface area (Å²) in [5.74, 6) is 1.31. The Labute approximate surface area is 145 Å². The fourth-order valence-corrected chi connectivity index (χ4v) is 3.00. The predicted octanol–water partition coefficient (Wildman–Crippen LogP) is 4.79. The number of nitrogens with one attached hydrogen (secondary N) is 1. The molecular formula is C20H31NO3. The fourth-order valence-electron chi connectivity index (χ4n) is 3.00. The summed E-state index contributed by atoms with van der Waals surface area (Å²) in [4.78, 5) is 12.8. The normalized spacial score (nSPS) is 16.8. The number of ether oxygens (including phenoxy) is 2. The molecule has 24 heavy (non-hydrogen) atoms. The number of hydrogen-bond donors (Lipinski definition) is 1. The molecule has 1 aliphatic rings. The highest BCUT2D eigenvalue weighted by Gasteiger charge is 2.40. The van der Waals surface area contributed by atoms with Crippen LogP contribution >= 0.6 is 0 Å². The van der Waals surface area contributed by atoms with Crippen LogP contribution in [0.4, 0.5) is 5.69 Å². The molecule has 1 aliphatic carbocycles. The maximum atomic E-state index is 12.8. The standard InChI is InChI=1S/C20H31NO3/c1-4-14-24-20(12-6-5-7-13-20)19(22)21-17-8-10-18(11-9-17)23-15-16(2)3/h8-11,16H,4-7,12-15H2,1-3H3,(H,21,22). The van der Waals surface area contributed by atoms with Crippen molar-refractivity contribution in [2.24, 2.45) is 5.92 Å². The van der Waals surface area contributed by atoms with E-state index in [1.165, 1.54) is 6.42 Å². The first-order chi connectivity index (χ1) is 11.6. The fraction of sp³-hybridized carbons (Fsp3) is 0.650. The number of carbonyl (C=O) groups excluding carboxylic acids is 1. The summed E-state index contributed by atoms with van der Waals surface area (Å²) in [6.07, 6.45) is 5.85. The van der Waals surface area contributed by atoms with Gasteiger partial charge in [-0.15, -0.1) is 0 Å². The van der Waals surface area contributed by atoms with Gasteiger partial charge in [0.25, 0.3) is 5.91 Å². The van der Waals surface area contributed by atoms with Gasteiger partial charge in [-0.3, -0.25) is 4.79 Å². The molecule has 0 atom stereocenters. The molecule has 134 valence electrons. The van der Waals surface area contributed by atoms with Gasteiger partial charge in [0.1, 0.15) is 11.4 Å². The zero-order valence-electron chi connectivity index (χ0n) is 15.3. The van der Waals surface area contributed by atoms with Gasteiger partial charge < -0.3 is 14.8 Å². The molecule has 0 unspecified atom stereocenters. The second kappa shape index (κ2) is 9.07. The minimum absolute atomic E-state index is 0.00787. The van der Waals surface area contributed by atoms with E-state index in [4.69, 9.17) is 9.47 Å². The molecule has 0 bridgehead atoms. The maximum absolute atomic E-state index is 12.8. The zero-order chi connectivity index (χ0) is 17.4. The van der Waals surface area contributed by atoms with Crippen molar-refractivity contribution < 1.29 is 14.3 Å². The second-order valence-electron chi connectivity index (χ2n) is 7.09. The van der Waals surface area contributed by atoms with E-state index in [1.807, 2.05) is 24.3 Å². The lowest BCUT2D eigenvalue weighted by molar-refractivity contribution is -0.146. The van der Waals surface area contributed by atoms with E-state index in [-0.39, 0.29) is 5.91 Å². The van der Waals surface area contributed by atoms with E-state index in [2.05, 4.69) is 26.1 Å². The van der Waals surface area contributed by atoms with Crippen molar-refractivity contribution in [1.82, 2.24) is 0 Å². The third-order valence-electron chi connectivity index (χ3n) is 4.35.